The van der Waals surface area contributed by atoms with Gasteiger partial charge in [-0.2, -0.15) is 0 Å². The molecule has 7 heteroatoms. The van der Waals surface area contributed by atoms with E-state index < -0.39 is 24.0 Å². The number of amides is 1. The summed E-state index contributed by atoms with van der Waals surface area (Å²) in [5, 5.41) is 14.4. The third-order valence-corrected chi connectivity index (χ3v) is 4.85. The molecular formula is C20H22NO6-. The number of hydrogen-bond acceptors (Lipinski definition) is 6. The molecular weight excluding hydrogens is 350 g/mol. The van der Waals surface area contributed by atoms with E-state index in [0.29, 0.717) is 11.3 Å². The Morgan fingerprint density at radius 1 is 1.19 bits per heavy atom. The van der Waals surface area contributed by atoms with Crippen molar-refractivity contribution in [2.24, 2.45) is 5.92 Å². The first kappa shape index (κ1) is 18.9. The van der Waals surface area contributed by atoms with E-state index in [1.54, 1.807) is 26.0 Å². The summed E-state index contributed by atoms with van der Waals surface area (Å²) >= 11 is 0. The molecule has 0 bridgehead atoms. The number of hydrogen-bond donors (Lipinski definition) is 1. The summed E-state index contributed by atoms with van der Waals surface area (Å²) in [5.41, 5.74) is 1.85. The largest absolute Gasteiger partial charge is 0.548 e. The molecule has 0 saturated heterocycles. The van der Waals surface area contributed by atoms with Gasteiger partial charge < -0.3 is 24.4 Å². The van der Waals surface area contributed by atoms with E-state index in [1.165, 1.54) is 6.92 Å². The van der Waals surface area contributed by atoms with Crippen LogP contribution >= 0.6 is 0 Å². The van der Waals surface area contributed by atoms with E-state index in [2.05, 4.69) is 5.32 Å². The van der Waals surface area contributed by atoms with Crippen molar-refractivity contribution in [1.82, 2.24) is 5.32 Å². The first-order chi connectivity index (χ1) is 12.8. The molecule has 27 heavy (non-hydrogen) atoms. The van der Waals surface area contributed by atoms with Crippen LogP contribution in [0.4, 0.5) is 0 Å². The Kier molecular flexibility index (Phi) is 5.21. The molecule has 2 aromatic rings. The zero-order chi connectivity index (χ0) is 19.7. The van der Waals surface area contributed by atoms with Crippen LogP contribution in [0, 0.1) is 5.92 Å². The van der Waals surface area contributed by atoms with Crippen LogP contribution in [-0.2, 0) is 22.4 Å². The minimum absolute atomic E-state index is 0.316. The smallest absolute Gasteiger partial charge is 0.339 e. The molecule has 1 aromatic carbocycles. The molecule has 3 rings (SSSR count). The van der Waals surface area contributed by atoms with Crippen molar-refractivity contribution in [1.29, 1.82) is 0 Å². The van der Waals surface area contributed by atoms with Gasteiger partial charge in [0.25, 0.3) is 5.91 Å². The van der Waals surface area contributed by atoms with Gasteiger partial charge in [0.15, 0.2) is 6.10 Å². The number of aliphatic carboxylic acids is 1. The normalized spacial score (nSPS) is 15.4. The molecule has 1 aliphatic carbocycles. The fourth-order valence-corrected chi connectivity index (χ4v) is 3.36. The van der Waals surface area contributed by atoms with E-state index in [4.69, 9.17) is 9.15 Å². The van der Waals surface area contributed by atoms with Crippen LogP contribution in [0.1, 0.15) is 38.3 Å². The monoisotopic (exact) mass is 372 g/mol. The van der Waals surface area contributed by atoms with Crippen molar-refractivity contribution in [3.63, 3.8) is 0 Å². The molecule has 0 unspecified atom stereocenters. The van der Waals surface area contributed by atoms with E-state index >= 15 is 0 Å². The average Bonchev–Trinajstić information content (AvgIpc) is 3.09. The van der Waals surface area contributed by atoms with Crippen molar-refractivity contribution < 1.29 is 23.8 Å². The predicted octanol–water partition coefficient (Wildman–Crippen LogP) is 0.940. The minimum atomic E-state index is -1.34. The summed E-state index contributed by atoms with van der Waals surface area (Å²) in [6.07, 6.45) is 1.59. The summed E-state index contributed by atoms with van der Waals surface area (Å²) in [6, 6.07) is 4.02. The second-order valence-electron chi connectivity index (χ2n) is 7.17. The van der Waals surface area contributed by atoms with Gasteiger partial charge in [0.2, 0.25) is 0 Å². The van der Waals surface area contributed by atoms with Gasteiger partial charge in [0.05, 0.1) is 12.0 Å². The van der Waals surface area contributed by atoms with Crippen LogP contribution in [0.5, 0.6) is 5.75 Å². The molecule has 1 aromatic heterocycles. The van der Waals surface area contributed by atoms with Crippen molar-refractivity contribution in [2.75, 3.05) is 0 Å². The number of carboxylic acids is 1. The second kappa shape index (κ2) is 7.42. The summed E-state index contributed by atoms with van der Waals surface area (Å²) in [7, 11) is 0. The zero-order valence-electron chi connectivity index (χ0n) is 15.5. The maximum atomic E-state index is 12.2. The van der Waals surface area contributed by atoms with Crippen LogP contribution in [0.3, 0.4) is 0 Å². The fraction of sp³-hybridized carbons (Fsp3) is 0.450. The molecule has 0 radical (unpaired) electrons. The first-order valence-electron chi connectivity index (χ1n) is 9.04. The van der Waals surface area contributed by atoms with Gasteiger partial charge in [0, 0.05) is 17.0 Å². The molecule has 1 amide bonds. The van der Waals surface area contributed by atoms with Crippen molar-refractivity contribution in [3.05, 3.63) is 39.7 Å². The Labute approximate surface area is 156 Å². The SMILES string of the molecule is CC(C)[C@H](NC(=O)[C@H](C)Oc1ccc2c3c(c(=O)oc2c1)CCC3)C(=O)[O-]. The van der Waals surface area contributed by atoms with Crippen LogP contribution in [0.2, 0.25) is 0 Å². The highest BCUT2D eigenvalue weighted by Crippen LogP contribution is 2.29. The van der Waals surface area contributed by atoms with Crippen molar-refractivity contribution in [3.8, 4) is 5.75 Å². The van der Waals surface area contributed by atoms with Gasteiger partial charge in [0.1, 0.15) is 11.3 Å². The van der Waals surface area contributed by atoms with Gasteiger partial charge in [-0.1, -0.05) is 13.8 Å². The third kappa shape index (κ3) is 3.82. The number of carbonyl (C=O) groups is 2. The molecule has 1 heterocycles. The quantitative estimate of drug-likeness (QED) is 0.756. The third-order valence-electron chi connectivity index (χ3n) is 4.85. The number of fused-ring (bicyclic) bond motifs is 3. The van der Waals surface area contributed by atoms with Gasteiger partial charge in [-0.05, 0) is 49.8 Å². The first-order valence-corrected chi connectivity index (χ1v) is 9.04. The number of benzene rings is 1. The van der Waals surface area contributed by atoms with E-state index in [0.717, 1.165) is 35.8 Å². The zero-order valence-corrected chi connectivity index (χ0v) is 15.5. The molecule has 0 aliphatic heterocycles. The van der Waals surface area contributed by atoms with Crippen LogP contribution in [-0.4, -0.2) is 24.0 Å². The fourth-order valence-electron chi connectivity index (χ4n) is 3.36. The van der Waals surface area contributed by atoms with Gasteiger partial charge in [-0.25, -0.2) is 4.79 Å². The number of rotatable bonds is 6. The van der Waals surface area contributed by atoms with E-state index in [-0.39, 0.29) is 11.5 Å². The Bertz CT molecular complexity index is 945. The highest BCUT2D eigenvalue weighted by molar-refractivity contribution is 5.86. The Morgan fingerprint density at radius 2 is 1.89 bits per heavy atom. The molecule has 2 atom stereocenters. The Morgan fingerprint density at radius 3 is 2.56 bits per heavy atom. The maximum Gasteiger partial charge on any atom is 0.339 e. The maximum absolute atomic E-state index is 12.2. The molecule has 1 aliphatic rings. The summed E-state index contributed by atoms with van der Waals surface area (Å²) < 4.78 is 11.0. The van der Waals surface area contributed by atoms with Gasteiger partial charge in [-0.3, -0.25) is 4.79 Å². The minimum Gasteiger partial charge on any atom is -0.548 e. The molecule has 0 spiro atoms. The number of carbonyl (C=O) groups excluding carboxylic acids is 2. The predicted molar refractivity (Wildman–Crippen MR) is 96.4 cm³/mol. The number of ether oxygens (including phenoxy) is 1. The van der Waals surface area contributed by atoms with E-state index in [9.17, 15) is 19.5 Å². The average molecular weight is 372 g/mol. The Balaban J connectivity index is 1.78. The highest BCUT2D eigenvalue weighted by atomic mass is 16.5. The topological polar surface area (TPSA) is 109 Å². The molecule has 144 valence electrons. The van der Waals surface area contributed by atoms with E-state index in [1.807, 2.05) is 6.07 Å². The lowest BCUT2D eigenvalue weighted by molar-refractivity contribution is -0.309. The van der Waals surface area contributed by atoms with Crippen molar-refractivity contribution in [2.45, 2.75) is 52.2 Å². The summed E-state index contributed by atoms with van der Waals surface area (Å²) in [6.45, 7) is 4.87. The molecule has 0 fully saturated rings. The summed E-state index contributed by atoms with van der Waals surface area (Å²) in [5.74, 6) is -1.86. The highest BCUT2D eigenvalue weighted by Gasteiger charge is 2.23. The molecule has 7 nitrogen and oxygen atoms in total. The number of nitrogens with one attached hydrogen (secondary N) is 1. The van der Waals surface area contributed by atoms with Crippen molar-refractivity contribution >= 4 is 22.8 Å². The van der Waals surface area contributed by atoms with Crippen LogP contribution in [0.15, 0.2) is 27.4 Å². The lowest BCUT2D eigenvalue weighted by Gasteiger charge is -2.25. The second-order valence-corrected chi connectivity index (χ2v) is 7.17. The molecule has 1 N–H and O–H groups in total. The lowest BCUT2D eigenvalue weighted by Crippen LogP contribution is -2.53. The van der Waals surface area contributed by atoms with Crippen LogP contribution in [0.25, 0.3) is 11.0 Å². The molecule has 0 saturated carbocycles. The number of aryl methyl sites for hydroxylation is 1. The van der Waals surface area contributed by atoms with Gasteiger partial charge in [-0.15, -0.1) is 0 Å². The standard InChI is InChI=1S/C20H23NO6/c1-10(2)17(19(23)24)21-18(22)11(3)26-12-7-8-14-13-5-4-6-15(13)20(25)27-16(14)9-12/h7-11,17H,4-6H2,1-3H3,(H,21,22)(H,23,24)/p-1/t11-,17-/m0/s1. The lowest BCUT2D eigenvalue weighted by atomic mass is 10.0. The number of carboxylic acid groups (broad SMARTS) is 1. The Hall–Kier alpha value is -2.83. The van der Waals surface area contributed by atoms with Gasteiger partial charge >= 0.3 is 5.63 Å². The summed E-state index contributed by atoms with van der Waals surface area (Å²) in [4.78, 5) is 35.4. The van der Waals surface area contributed by atoms with Crippen LogP contribution < -0.4 is 20.8 Å².